The number of ether oxygens (including phenoxy) is 1. The average Bonchev–Trinajstić information content (AvgIpc) is 2.54. The monoisotopic (exact) mass is 466 g/mol. The average molecular weight is 469 g/mol. The molecular weight excluding hydrogens is 456 g/mol. The molecule has 0 N–H and O–H groups in total. The van der Waals surface area contributed by atoms with E-state index in [1.807, 2.05) is 13.8 Å². The highest BCUT2D eigenvalue weighted by atomic mass is 35.5. The Kier molecular flexibility index (Phi) is 6.85. The van der Waals surface area contributed by atoms with Crippen molar-refractivity contribution in [3.05, 3.63) is 42.0 Å². The molecular formula is C16H13Cl6FO2. The fourth-order valence-electron chi connectivity index (χ4n) is 2.82. The molecule has 1 saturated carbocycles. The van der Waals surface area contributed by atoms with Gasteiger partial charge in [-0.2, -0.15) is 0 Å². The van der Waals surface area contributed by atoms with E-state index in [9.17, 15) is 9.18 Å². The zero-order valence-electron chi connectivity index (χ0n) is 13.1. The first-order valence-electron chi connectivity index (χ1n) is 7.18. The third-order valence-electron chi connectivity index (χ3n) is 4.61. The number of halogens is 7. The van der Waals surface area contributed by atoms with E-state index in [1.54, 1.807) is 6.08 Å². The maximum atomic E-state index is 13.7. The lowest BCUT2D eigenvalue weighted by Crippen LogP contribution is -2.48. The van der Waals surface area contributed by atoms with E-state index in [-0.39, 0.29) is 54.0 Å². The molecule has 1 aliphatic carbocycles. The summed E-state index contributed by atoms with van der Waals surface area (Å²) in [5.74, 6) is -1.62. The van der Waals surface area contributed by atoms with E-state index in [0.717, 1.165) is 0 Å². The highest BCUT2D eigenvalue weighted by Crippen LogP contribution is 2.53. The van der Waals surface area contributed by atoms with Crippen molar-refractivity contribution in [3.8, 4) is 0 Å². The van der Waals surface area contributed by atoms with Crippen LogP contribution >= 0.6 is 69.6 Å². The van der Waals surface area contributed by atoms with Gasteiger partial charge in [-0.3, -0.25) is 4.79 Å². The van der Waals surface area contributed by atoms with E-state index >= 15 is 0 Å². The van der Waals surface area contributed by atoms with Crippen molar-refractivity contribution in [3.63, 3.8) is 0 Å². The van der Waals surface area contributed by atoms with Crippen LogP contribution in [0.5, 0.6) is 0 Å². The van der Waals surface area contributed by atoms with E-state index in [1.165, 1.54) is 0 Å². The topological polar surface area (TPSA) is 26.3 Å². The van der Waals surface area contributed by atoms with E-state index < -0.39 is 11.8 Å². The number of carbonyl (C=O) groups excluding carboxylic acids is 1. The van der Waals surface area contributed by atoms with Crippen LogP contribution in [0.2, 0.25) is 20.1 Å². The molecule has 0 amide bonds. The second-order valence-electron chi connectivity index (χ2n) is 6.33. The lowest BCUT2D eigenvalue weighted by molar-refractivity contribution is -0.164. The Hall–Kier alpha value is 0.1000. The van der Waals surface area contributed by atoms with Gasteiger partial charge in [0.2, 0.25) is 0 Å². The molecule has 1 aromatic carbocycles. The van der Waals surface area contributed by atoms with Gasteiger partial charge in [-0.05, 0) is 17.8 Å². The molecule has 9 heteroatoms. The Morgan fingerprint density at radius 2 is 1.68 bits per heavy atom. The number of hydrogen-bond donors (Lipinski definition) is 0. The summed E-state index contributed by atoms with van der Waals surface area (Å²) < 4.78 is 19.2. The Labute approximate surface area is 175 Å². The van der Waals surface area contributed by atoms with Crippen LogP contribution in [0.1, 0.15) is 25.8 Å². The van der Waals surface area contributed by atoms with Crippen LogP contribution in [-0.4, -0.2) is 5.97 Å². The van der Waals surface area contributed by atoms with Crippen molar-refractivity contribution < 1.29 is 13.9 Å². The van der Waals surface area contributed by atoms with Gasteiger partial charge < -0.3 is 4.74 Å². The summed E-state index contributed by atoms with van der Waals surface area (Å²) in [6, 6.07) is 0. The maximum Gasteiger partial charge on any atom is 0.309 e. The first-order chi connectivity index (χ1) is 11.5. The standard InChI is InChI=1S/C16H13Cl6FO2/c1-16(2)6(4-9(17)18)3-8(16)15(24)25-5-7-10(19)12(21)14(23)13(22)11(7)20/h4,6,8H,3,5H2,1-2H3. The molecule has 0 heterocycles. The minimum atomic E-state index is -0.916. The molecule has 25 heavy (non-hydrogen) atoms. The summed E-state index contributed by atoms with van der Waals surface area (Å²) in [7, 11) is 0. The summed E-state index contributed by atoms with van der Waals surface area (Å²) in [6.45, 7) is 3.58. The molecule has 0 radical (unpaired) electrons. The molecule has 1 aliphatic rings. The molecule has 2 nitrogen and oxygen atoms in total. The number of carbonyl (C=O) groups is 1. The second-order valence-corrected chi connectivity index (χ2v) is 8.85. The maximum absolute atomic E-state index is 13.7. The molecule has 0 aromatic heterocycles. The van der Waals surface area contributed by atoms with Gasteiger partial charge in [-0.25, -0.2) is 4.39 Å². The SMILES string of the molecule is CC1(C)C(C=C(Cl)Cl)CC1C(=O)OCc1c(Cl)c(Cl)c(F)c(Cl)c1Cl. The third kappa shape index (κ3) is 4.17. The van der Waals surface area contributed by atoms with Gasteiger partial charge >= 0.3 is 5.97 Å². The molecule has 0 saturated heterocycles. The van der Waals surface area contributed by atoms with Crippen molar-refractivity contribution in [1.82, 2.24) is 0 Å². The van der Waals surface area contributed by atoms with Gasteiger partial charge in [-0.1, -0.05) is 89.5 Å². The summed E-state index contributed by atoms with van der Waals surface area (Å²) in [6.07, 6.45) is 2.27. The minimum Gasteiger partial charge on any atom is -0.460 e. The lowest BCUT2D eigenvalue weighted by atomic mass is 9.55. The van der Waals surface area contributed by atoms with Crippen LogP contribution in [-0.2, 0) is 16.1 Å². The molecule has 138 valence electrons. The number of benzene rings is 1. The predicted octanol–water partition coefficient (Wildman–Crippen LogP) is 7.46. The normalized spacial score (nSPS) is 21.5. The predicted molar refractivity (Wildman–Crippen MR) is 101 cm³/mol. The van der Waals surface area contributed by atoms with Crippen molar-refractivity contribution in [1.29, 1.82) is 0 Å². The molecule has 0 bridgehead atoms. The molecule has 1 fully saturated rings. The zero-order valence-corrected chi connectivity index (χ0v) is 17.6. The Morgan fingerprint density at radius 3 is 2.12 bits per heavy atom. The first kappa shape index (κ1) is 21.4. The van der Waals surface area contributed by atoms with Crippen molar-refractivity contribution in [2.75, 3.05) is 0 Å². The minimum absolute atomic E-state index is 0.0666. The quantitative estimate of drug-likeness (QED) is 0.260. The zero-order chi connectivity index (χ0) is 19.1. The third-order valence-corrected chi connectivity index (χ3v) is 6.60. The van der Waals surface area contributed by atoms with Crippen LogP contribution < -0.4 is 0 Å². The highest BCUT2D eigenvalue weighted by molar-refractivity contribution is 6.55. The van der Waals surface area contributed by atoms with Crippen LogP contribution in [0, 0.1) is 23.1 Å². The van der Waals surface area contributed by atoms with Crippen LogP contribution in [0.3, 0.4) is 0 Å². The van der Waals surface area contributed by atoms with Gasteiger partial charge in [-0.15, -0.1) is 0 Å². The van der Waals surface area contributed by atoms with E-state index in [4.69, 9.17) is 74.3 Å². The Bertz CT molecular complexity index is 714. The second kappa shape index (κ2) is 8.00. The summed E-state index contributed by atoms with van der Waals surface area (Å²) in [5.41, 5.74) is -0.205. The molecule has 1 aromatic rings. The summed E-state index contributed by atoms with van der Waals surface area (Å²) in [5, 5.41) is -1.01. The summed E-state index contributed by atoms with van der Waals surface area (Å²) in [4.78, 5) is 12.4. The van der Waals surface area contributed by atoms with Gasteiger partial charge in [0.05, 0.1) is 26.0 Å². The van der Waals surface area contributed by atoms with Crippen molar-refractivity contribution in [2.45, 2.75) is 26.9 Å². The van der Waals surface area contributed by atoms with Gasteiger partial charge in [0.15, 0.2) is 5.82 Å². The lowest BCUT2D eigenvalue weighted by Gasteiger charge is -2.49. The van der Waals surface area contributed by atoms with Crippen molar-refractivity contribution in [2.24, 2.45) is 17.3 Å². The van der Waals surface area contributed by atoms with Gasteiger partial charge in [0, 0.05) is 5.56 Å². The fourth-order valence-corrected chi connectivity index (χ4v) is 4.10. The van der Waals surface area contributed by atoms with E-state index in [0.29, 0.717) is 6.42 Å². The smallest absolute Gasteiger partial charge is 0.309 e. The Morgan fingerprint density at radius 1 is 1.16 bits per heavy atom. The van der Waals surface area contributed by atoms with Gasteiger partial charge in [0.25, 0.3) is 0 Å². The largest absolute Gasteiger partial charge is 0.460 e. The molecule has 0 aliphatic heterocycles. The van der Waals surface area contributed by atoms with Gasteiger partial charge in [0.1, 0.15) is 11.1 Å². The number of rotatable bonds is 4. The molecule has 0 spiro atoms. The Balaban J connectivity index is 2.11. The van der Waals surface area contributed by atoms with Crippen LogP contribution in [0.25, 0.3) is 0 Å². The summed E-state index contributed by atoms with van der Waals surface area (Å²) >= 11 is 34.9. The number of hydrogen-bond acceptors (Lipinski definition) is 2. The fraction of sp³-hybridized carbons (Fsp3) is 0.438. The molecule has 2 rings (SSSR count). The van der Waals surface area contributed by atoms with Crippen LogP contribution in [0.15, 0.2) is 10.6 Å². The molecule has 2 unspecified atom stereocenters. The van der Waals surface area contributed by atoms with E-state index in [2.05, 4.69) is 0 Å². The number of allylic oxidation sites excluding steroid dienone is 1. The van der Waals surface area contributed by atoms with Crippen molar-refractivity contribution >= 4 is 75.6 Å². The first-order valence-corrected chi connectivity index (χ1v) is 9.45. The number of esters is 1. The molecule has 2 atom stereocenters. The highest BCUT2D eigenvalue weighted by Gasteiger charge is 2.51. The van der Waals surface area contributed by atoms with Crippen LogP contribution in [0.4, 0.5) is 4.39 Å².